The molecular formula is C21H27F3. The summed E-state index contributed by atoms with van der Waals surface area (Å²) in [6, 6.07) is 4.77. The van der Waals surface area contributed by atoms with E-state index in [4.69, 9.17) is 0 Å². The SMILES string of the molecule is CC1CCC(C2CCC(c3ccc(C=C(F)F)c(F)c3)CC2)CC1. The Labute approximate surface area is 143 Å². The van der Waals surface area contributed by atoms with Gasteiger partial charge in [0, 0.05) is 11.6 Å². The average molecular weight is 336 g/mol. The van der Waals surface area contributed by atoms with Crippen LogP contribution in [0.3, 0.4) is 0 Å². The van der Waals surface area contributed by atoms with E-state index in [1.807, 2.05) is 6.07 Å². The molecule has 0 amide bonds. The highest BCUT2D eigenvalue weighted by atomic mass is 19.3. The van der Waals surface area contributed by atoms with E-state index < -0.39 is 11.9 Å². The van der Waals surface area contributed by atoms with E-state index in [9.17, 15) is 13.2 Å². The van der Waals surface area contributed by atoms with Crippen LogP contribution >= 0.6 is 0 Å². The van der Waals surface area contributed by atoms with E-state index in [0.717, 1.165) is 36.2 Å². The van der Waals surface area contributed by atoms with Gasteiger partial charge >= 0.3 is 0 Å². The molecule has 0 aromatic heterocycles. The van der Waals surface area contributed by atoms with Gasteiger partial charge in [-0.15, -0.1) is 0 Å². The lowest BCUT2D eigenvalue weighted by atomic mass is 9.68. The van der Waals surface area contributed by atoms with Crippen molar-refractivity contribution < 1.29 is 13.2 Å². The molecule has 2 aliphatic carbocycles. The van der Waals surface area contributed by atoms with Crippen LogP contribution in [0.15, 0.2) is 24.3 Å². The molecule has 0 bridgehead atoms. The van der Waals surface area contributed by atoms with Gasteiger partial charge in [0.15, 0.2) is 0 Å². The maximum Gasteiger partial charge on any atom is 0.271 e. The van der Waals surface area contributed by atoms with E-state index in [0.29, 0.717) is 12.0 Å². The molecule has 0 unspecified atom stereocenters. The Balaban J connectivity index is 1.58. The van der Waals surface area contributed by atoms with Gasteiger partial charge in [-0.1, -0.05) is 31.9 Å². The summed E-state index contributed by atoms with van der Waals surface area (Å²) in [5, 5.41) is 0. The molecule has 2 fully saturated rings. The maximum absolute atomic E-state index is 14.0. The second kappa shape index (κ2) is 7.76. The van der Waals surface area contributed by atoms with Crippen molar-refractivity contribution in [1.29, 1.82) is 0 Å². The van der Waals surface area contributed by atoms with E-state index in [2.05, 4.69) is 6.92 Å². The molecule has 0 aliphatic heterocycles. The Morgan fingerprint density at radius 1 is 0.917 bits per heavy atom. The second-order valence-electron chi connectivity index (χ2n) is 7.85. The summed E-state index contributed by atoms with van der Waals surface area (Å²) in [6.45, 7) is 2.36. The molecule has 0 saturated heterocycles. The van der Waals surface area contributed by atoms with Gasteiger partial charge < -0.3 is 0 Å². The van der Waals surface area contributed by atoms with E-state index in [-0.39, 0.29) is 5.56 Å². The number of benzene rings is 1. The van der Waals surface area contributed by atoms with Gasteiger partial charge in [-0.05, 0) is 73.8 Å². The monoisotopic (exact) mass is 336 g/mol. The first-order valence-electron chi connectivity index (χ1n) is 9.35. The van der Waals surface area contributed by atoms with Crippen molar-refractivity contribution in [3.05, 3.63) is 41.2 Å². The zero-order chi connectivity index (χ0) is 17.1. The summed E-state index contributed by atoms with van der Waals surface area (Å²) >= 11 is 0. The molecule has 0 nitrogen and oxygen atoms in total. The molecule has 1 aromatic rings. The minimum atomic E-state index is -1.86. The Morgan fingerprint density at radius 2 is 1.50 bits per heavy atom. The van der Waals surface area contributed by atoms with Crippen molar-refractivity contribution in [2.75, 3.05) is 0 Å². The fourth-order valence-electron chi connectivity index (χ4n) is 4.71. The number of hydrogen-bond acceptors (Lipinski definition) is 0. The zero-order valence-electron chi connectivity index (χ0n) is 14.4. The molecule has 0 radical (unpaired) electrons. The van der Waals surface area contributed by atoms with Gasteiger partial charge in [0.05, 0.1) is 0 Å². The van der Waals surface area contributed by atoms with Crippen LogP contribution in [-0.2, 0) is 0 Å². The molecule has 3 rings (SSSR count). The summed E-state index contributed by atoms with van der Waals surface area (Å²) in [7, 11) is 0. The van der Waals surface area contributed by atoms with Gasteiger partial charge in [-0.2, -0.15) is 8.78 Å². The third kappa shape index (κ3) is 4.23. The summed E-state index contributed by atoms with van der Waals surface area (Å²) in [5.74, 6) is 2.46. The first-order valence-corrected chi connectivity index (χ1v) is 9.35. The minimum absolute atomic E-state index is 0.0243. The Hall–Kier alpha value is -1.25. The van der Waals surface area contributed by atoms with Crippen LogP contribution in [0.25, 0.3) is 6.08 Å². The van der Waals surface area contributed by atoms with Gasteiger partial charge in [-0.3, -0.25) is 0 Å². The fraction of sp³-hybridized carbons (Fsp3) is 0.619. The van der Waals surface area contributed by atoms with E-state index in [1.165, 1.54) is 50.7 Å². The van der Waals surface area contributed by atoms with Crippen molar-refractivity contribution in [2.24, 2.45) is 17.8 Å². The van der Waals surface area contributed by atoms with Gasteiger partial charge in [0.25, 0.3) is 6.08 Å². The predicted octanol–water partition coefficient (Wildman–Crippen LogP) is 7.16. The normalized spacial score (nSPS) is 30.8. The number of halogens is 3. The number of hydrogen-bond donors (Lipinski definition) is 0. The Bertz CT molecular complexity index is 573. The third-order valence-corrected chi connectivity index (χ3v) is 6.26. The van der Waals surface area contributed by atoms with Gasteiger partial charge in [-0.25, -0.2) is 4.39 Å². The molecule has 2 aliphatic rings. The standard InChI is InChI=1S/C21H27F3/c1-14-2-4-15(5-3-14)16-6-8-17(9-7-16)18-10-11-19(13-21(23)24)20(22)12-18/h10-17H,2-9H2,1H3. The topological polar surface area (TPSA) is 0 Å². The van der Waals surface area contributed by atoms with Gasteiger partial charge in [0.2, 0.25) is 0 Å². The van der Waals surface area contributed by atoms with Crippen molar-refractivity contribution >= 4 is 6.08 Å². The van der Waals surface area contributed by atoms with E-state index in [1.54, 1.807) is 0 Å². The third-order valence-electron chi connectivity index (χ3n) is 6.26. The lowest BCUT2D eigenvalue weighted by molar-refractivity contribution is 0.165. The van der Waals surface area contributed by atoms with Crippen LogP contribution in [0.2, 0.25) is 0 Å². The van der Waals surface area contributed by atoms with Crippen LogP contribution in [0.4, 0.5) is 13.2 Å². The van der Waals surface area contributed by atoms with Crippen LogP contribution < -0.4 is 0 Å². The first-order chi connectivity index (χ1) is 11.5. The molecular weight excluding hydrogens is 309 g/mol. The second-order valence-corrected chi connectivity index (χ2v) is 7.85. The molecule has 2 saturated carbocycles. The smallest absolute Gasteiger partial charge is 0.206 e. The highest BCUT2D eigenvalue weighted by molar-refractivity contribution is 5.51. The van der Waals surface area contributed by atoms with Gasteiger partial charge in [0.1, 0.15) is 5.82 Å². The molecule has 132 valence electrons. The lowest BCUT2D eigenvalue weighted by Gasteiger charge is -2.37. The summed E-state index contributed by atoms with van der Waals surface area (Å²) < 4.78 is 38.6. The van der Waals surface area contributed by atoms with Crippen molar-refractivity contribution in [3.63, 3.8) is 0 Å². The molecule has 24 heavy (non-hydrogen) atoms. The minimum Gasteiger partial charge on any atom is -0.206 e. The quantitative estimate of drug-likeness (QED) is 0.549. The van der Waals surface area contributed by atoms with Crippen LogP contribution in [-0.4, -0.2) is 0 Å². The van der Waals surface area contributed by atoms with E-state index >= 15 is 0 Å². The fourth-order valence-corrected chi connectivity index (χ4v) is 4.71. The zero-order valence-corrected chi connectivity index (χ0v) is 14.4. The lowest BCUT2D eigenvalue weighted by Crippen LogP contribution is -2.24. The Morgan fingerprint density at radius 3 is 2.04 bits per heavy atom. The van der Waals surface area contributed by atoms with Crippen LogP contribution in [0, 0.1) is 23.6 Å². The maximum atomic E-state index is 14.0. The molecule has 0 heterocycles. The van der Waals surface area contributed by atoms with Crippen molar-refractivity contribution in [2.45, 2.75) is 64.2 Å². The van der Waals surface area contributed by atoms with Crippen LogP contribution in [0.5, 0.6) is 0 Å². The summed E-state index contributed by atoms with van der Waals surface area (Å²) in [4.78, 5) is 0. The molecule has 0 atom stereocenters. The first kappa shape index (κ1) is 17.6. The average Bonchev–Trinajstić information content (AvgIpc) is 2.57. The molecule has 0 N–H and O–H groups in total. The van der Waals surface area contributed by atoms with Crippen LogP contribution in [0.1, 0.15) is 75.3 Å². The molecule has 3 heteroatoms. The summed E-state index contributed by atoms with van der Waals surface area (Å²) in [5.41, 5.74) is 0.948. The predicted molar refractivity (Wildman–Crippen MR) is 92.4 cm³/mol. The Kier molecular flexibility index (Phi) is 5.68. The highest BCUT2D eigenvalue weighted by Crippen LogP contribution is 2.43. The molecule has 0 spiro atoms. The molecule has 1 aromatic carbocycles. The summed E-state index contributed by atoms with van der Waals surface area (Å²) in [6.07, 6.45) is 8.89. The highest BCUT2D eigenvalue weighted by Gasteiger charge is 2.30. The van der Waals surface area contributed by atoms with Crippen molar-refractivity contribution in [1.82, 2.24) is 0 Å². The number of rotatable bonds is 3. The largest absolute Gasteiger partial charge is 0.271 e. The van der Waals surface area contributed by atoms with Crippen molar-refractivity contribution in [3.8, 4) is 0 Å².